The summed E-state index contributed by atoms with van der Waals surface area (Å²) in [6, 6.07) is 6.05. The summed E-state index contributed by atoms with van der Waals surface area (Å²) in [7, 11) is 0. The average Bonchev–Trinajstić information content (AvgIpc) is 3.19. The molecule has 2 aliphatic heterocycles. The van der Waals surface area contributed by atoms with Crippen molar-refractivity contribution in [3.05, 3.63) is 29.3 Å². The molecule has 2 atom stereocenters. The van der Waals surface area contributed by atoms with Crippen molar-refractivity contribution >= 4 is 17.5 Å². The number of rotatable bonds is 5. The number of likely N-dealkylation sites (tertiary alicyclic amines) is 1. The molecule has 0 bridgehead atoms. The van der Waals surface area contributed by atoms with E-state index >= 15 is 0 Å². The van der Waals surface area contributed by atoms with Gasteiger partial charge in [0.25, 0.3) is 0 Å². The molecule has 140 valence electrons. The minimum absolute atomic E-state index is 0.0485. The first-order valence-electron chi connectivity index (χ1n) is 9.79. The minimum Gasteiger partial charge on any atom is -0.376 e. The predicted octanol–water partition coefficient (Wildman–Crippen LogP) is 2.68. The Labute approximate surface area is 155 Å². The second kappa shape index (κ2) is 7.03. The van der Waals surface area contributed by atoms with E-state index in [2.05, 4.69) is 6.92 Å². The number of aryl methyl sites for hydroxylation is 2. The number of carbonyl (C=O) groups excluding carboxylic acids is 2. The van der Waals surface area contributed by atoms with Gasteiger partial charge in [0.15, 0.2) is 0 Å². The second-order valence-corrected chi connectivity index (χ2v) is 8.15. The molecular weight excluding hydrogens is 328 g/mol. The zero-order valence-corrected chi connectivity index (χ0v) is 15.7. The van der Waals surface area contributed by atoms with E-state index in [1.807, 2.05) is 30.0 Å². The van der Waals surface area contributed by atoms with Crippen molar-refractivity contribution in [3.63, 3.8) is 0 Å². The van der Waals surface area contributed by atoms with Crippen LogP contribution in [0, 0.1) is 25.7 Å². The molecular formula is C21H28N2O3. The highest BCUT2D eigenvalue weighted by Gasteiger charge is 2.39. The third-order valence-electron chi connectivity index (χ3n) is 6.00. The molecule has 2 amide bonds. The Morgan fingerprint density at radius 3 is 2.69 bits per heavy atom. The number of nitrogens with zero attached hydrogens (tertiary/aromatic N) is 2. The number of benzene rings is 1. The van der Waals surface area contributed by atoms with E-state index in [0.717, 1.165) is 31.2 Å². The molecule has 1 aromatic rings. The molecule has 1 aliphatic carbocycles. The fraction of sp³-hybridized carbons (Fsp3) is 0.619. The SMILES string of the molecule is Cc1ccc(N2C[C@@H](C(=O)N3CC[C@H](OCC4CC4)C3)CC2=O)cc1C. The number of hydrogen-bond donors (Lipinski definition) is 0. The van der Waals surface area contributed by atoms with Crippen molar-refractivity contribution in [1.82, 2.24) is 4.90 Å². The molecule has 0 aromatic heterocycles. The molecule has 0 unspecified atom stereocenters. The van der Waals surface area contributed by atoms with Gasteiger partial charge in [0.05, 0.1) is 12.0 Å². The van der Waals surface area contributed by atoms with Crippen LogP contribution in [0.3, 0.4) is 0 Å². The largest absolute Gasteiger partial charge is 0.376 e. The molecule has 0 radical (unpaired) electrons. The van der Waals surface area contributed by atoms with Crippen LogP contribution in [0.4, 0.5) is 5.69 Å². The van der Waals surface area contributed by atoms with Crippen LogP contribution in [-0.2, 0) is 14.3 Å². The molecule has 3 fully saturated rings. The normalized spacial score (nSPS) is 26.0. The highest BCUT2D eigenvalue weighted by Crippen LogP contribution is 2.31. The maximum Gasteiger partial charge on any atom is 0.228 e. The molecule has 0 N–H and O–H groups in total. The average molecular weight is 356 g/mol. The maximum absolute atomic E-state index is 12.9. The van der Waals surface area contributed by atoms with Crippen molar-refractivity contribution in [2.24, 2.45) is 11.8 Å². The van der Waals surface area contributed by atoms with E-state index in [1.165, 1.54) is 24.0 Å². The summed E-state index contributed by atoms with van der Waals surface area (Å²) >= 11 is 0. The summed E-state index contributed by atoms with van der Waals surface area (Å²) in [4.78, 5) is 29.0. The molecule has 4 rings (SSSR count). The summed E-state index contributed by atoms with van der Waals surface area (Å²) in [5, 5.41) is 0. The first-order valence-corrected chi connectivity index (χ1v) is 9.79. The lowest BCUT2D eigenvalue weighted by atomic mass is 10.1. The van der Waals surface area contributed by atoms with Crippen molar-refractivity contribution in [3.8, 4) is 0 Å². The summed E-state index contributed by atoms with van der Waals surface area (Å²) in [5.74, 6) is 0.680. The van der Waals surface area contributed by atoms with Gasteiger partial charge >= 0.3 is 0 Å². The van der Waals surface area contributed by atoms with Gasteiger partial charge in [-0.3, -0.25) is 9.59 Å². The lowest BCUT2D eigenvalue weighted by Crippen LogP contribution is -2.36. The molecule has 26 heavy (non-hydrogen) atoms. The van der Waals surface area contributed by atoms with Gasteiger partial charge < -0.3 is 14.5 Å². The molecule has 0 spiro atoms. The van der Waals surface area contributed by atoms with Gasteiger partial charge in [0.1, 0.15) is 0 Å². The van der Waals surface area contributed by atoms with E-state index in [0.29, 0.717) is 19.5 Å². The molecule has 1 saturated carbocycles. The van der Waals surface area contributed by atoms with E-state index in [9.17, 15) is 9.59 Å². The first kappa shape index (κ1) is 17.5. The lowest BCUT2D eigenvalue weighted by molar-refractivity contribution is -0.135. The Morgan fingerprint density at radius 1 is 1.15 bits per heavy atom. The van der Waals surface area contributed by atoms with Gasteiger partial charge in [0.2, 0.25) is 11.8 Å². The Hall–Kier alpha value is -1.88. The van der Waals surface area contributed by atoms with Crippen LogP contribution in [0.25, 0.3) is 0 Å². The van der Waals surface area contributed by atoms with Crippen LogP contribution >= 0.6 is 0 Å². The lowest BCUT2D eigenvalue weighted by Gasteiger charge is -2.21. The Morgan fingerprint density at radius 2 is 1.96 bits per heavy atom. The molecule has 2 heterocycles. The fourth-order valence-corrected chi connectivity index (χ4v) is 3.90. The Balaban J connectivity index is 1.35. The van der Waals surface area contributed by atoms with E-state index < -0.39 is 0 Å². The van der Waals surface area contributed by atoms with Crippen molar-refractivity contribution in [2.75, 3.05) is 31.1 Å². The smallest absolute Gasteiger partial charge is 0.228 e. The Kier molecular flexibility index (Phi) is 4.74. The van der Waals surface area contributed by atoms with E-state index in [1.54, 1.807) is 4.90 Å². The van der Waals surface area contributed by atoms with Crippen molar-refractivity contribution in [1.29, 1.82) is 0 Å². The Bertz CT molecular complexity index is 713. The molecule has 1 aromatic carbocycles. The monoisotopic (exact) mass is 356 g/mol. The van der Waals surface area contributed by atoms with Gasteiger partial charge in [-0.15, -0.1) is 0 Å². The van der Waals surface area contributed by atoms with Crippen LogP contribution in [0.2, 0.25) is 0 Å². The zero-order valence-electron chi connectivity index (χ0n) is 15.7. The highest BCUT2D eigenvalue weighted by molar-refractivity contribution is 6.00. The van der Waals surface area contributed by atoms with Crippen molar-refractivity contribution in [2.45, 2.75) is 45.6 Å². The summed E-state index contributed by atoms with van der Waals surface area (Å²) in [5.41, 5.74) is 3.28. The minimum atomic E-state index is -0.230. The number of anilines is 1. The highest BCUT2D eigenvalue weighted by atomic mass is 16.5. The summed E-state index contributed by atoms with van der Waals surface area (Å²) in [6.07, 6.45) is 3.98. The summed E-state index contributed by atoms with van der Waals surface area (Å²) < 4.78 is 5.93. The van der Waals surface area contributed by atoms with E-state index in [4.69, 9.17) is 4.74 Å². The van der Waals surface area contributed by atoms with Crippen LogP contribution in [-0.4, -0.2) is 49.1 Å². The number of ether oxygens (including phenoxy) is 1. The maximum atomic E-state index is 12.9. The van der Waals surface area contributed by atoms with Gasteiger partial charge in [-0.05, 0) is 62.3 Å². The first-order chi connectivity index (χ1) is 12.5. The third kappa shape index (κ3) is 3.63. The third-order valence-corrected chi connectivity index (χ3v) is 6.00. The fourth-order valence-electron chi connectivity index (χ4n) is 3.90. The quantitative estimate of drug-likeness (QED) is 0.815. The van der Waals surface area contributed by atoms with Crippen LogP contribution in [0.5, 0.6) is 0 Å². The molecule has 2 saturated heterocycles. The van der Waals surface area contributed by atoms with Crippen LogP contribution in [0.1, 0.15) is 36.8 Å². The van der Waals surface area contributed by atoms with Crippen LogP contribution < -0.4 is 4.90 Å². The predicted molar refractivity (Wildman–Crippen MR) is 100 cm³/mol. The molecule has 5 nitrogen and oxygen atoms in total. The van der Waals surface area contributed by atoms with Gasteiger partial charge in [-0.2, -0.15) is 0 Å². The second-order valence-electron chi connectivity index (χ2n) is 8.15. The van der Waals surface area contributed by atoms with Crippen LogP contribution in [0.15, 0.2) is 18.2 Å². The van der Waals surface area contributed by atoms with Gasteiger partial charge in [-0.1, -0.05) is 6.07 Å². The number of hydrogen-bond acceptors (Lipinski definition) is 3. The van der Waals surface area contributed by atoms with Gasteiger partial charge in [-0.25, -0.2) is 0 Å². The topological polar surface area (TPSA) is 49.9 Å². The van der Waals surface area contributed by atoms with Gasteiger partial charge in [0, 0.05) is 38.3 Å². The van der Waals surface area contributed by atoms with Crippen molar-refractivity contribution < 1.29 is 14.3 Å². The summed E-state index contributed by atoms with van der Waals surface area (Å²) in [6.45, 7) is 6.88. The zero-order chi connectivity index (χ0) is 18.3. The number of carbonyl (C=O) groups is 2. The van der Waals surface area contributed by atoms with E-state index in [-0.39, 0.29) is 23.8 Å². The number of amides is 2. The standard InChI is InChI=1S/C21H28N2O3/c1-14-3-6-18(9-15(14)2)23-11-17(10-20(23)24)21(25)22-8-7-19(12-22)26-13-16-4-5-16/h3,6,9,16-17,19H,4-5,7-8,10-13H2,1-2H3/t17-,19-/m0/s1. The molecule has 3 aliphatic rings. The molecule has 5 heteroatoms.